The summed E-state index contributed by atoms with van der Waals surface area (Å²) in [6.45, 7) is 3.96. The van der Waals surface area contributed by atoms with Crippen LogP contribution in [0.3, 0.4) is 0 Å². The maximum atomic E-state index is 6.34. The van der Waals surface area contributed by atoms with Crippen molar-refractivity contribution in [3.05, 3.63) is 63.6 Å². The first-order valence-corrected chi connectivity index (χ1v) is 7.20. The normalized spacial score (nSPS) is 12.5. The molecule has 0 saturated carbocycles. The molecule has 1 atom stereocenters. The van der Waals surface area contributed by atoms with Gasteiger partial charge in [-0.25, -0.2) is 0 Å². The molecule has 0 aliphatic heterocycles. The Morgan fingerprint density at radius 2 is 1.70 bits per heavy atom. The Labute approximate surface area is 129 Å². The zero-order valence-corrected chi connectivity index (χ0v) is 12.9. The van der Waals surface area contributed by atoms with E-state index in [4.69, 9.17) is 33.7 Å². The smallest absolute Gasteiger partial charge is 0.124 e. The molecule has 2 nitrogen and oxygen atoms in total. The van der Waals surface area contributed by atoms with Crippen molar-refractivity contribution in [3.63, 3.8) is 0 Å². The molecule has 0 amide bonds. The summed E-state index contributed by atoms with van der Waals surface area (Å²) < 4.78 is 5.80. The molecule has 0 aliphatic carbocycles. The largest absolute Gasteiger partial charge is 0.491 e. The minimum Gasteiger partial charge on any atom is -0.491 e. The third kappa shape index (κ3) is 3.45. The molecule has 0 saturated heterocycles. The predicted octanol–water partition coefficient (Wildman–Crippen LogP) is 4.83. The van der Waals surface area contributed by atoms with Crippen LogP contribution in [0, 0.1) is 0 Å². The molecule has 0 bridgehead atoms. The SMILES string of the molecule is CC(C)Oc1ccccc1C(N)c1cc(Cl)ccc1Cl. The molecule has 0 aliphatic rings. The second-order valence-corrected chi connectivity index (χ2v) is 5.69. The van der Waals surface area contributed by atoms with Crippen molar-refractivity contribution in [2.24, 2.45) is 5.73 Å². The van der Waals surface area contributed by atoms with Crippen molar-refractivity contribution in [1.29, 1.82) is 0 Å². The summed E-state index contributed by atoms with van der Waals surface area (Å²) in [6.07, 6.45) is 0.0817. The van der Waals surface area contributed by atoms with Crippen LogP contribution in [0.15, 0.2) is 42.5 Å². The van der Waals surface area contributed by atoms with Gasteiger partial charge < -0.3 is 10.5 Å². The molecule has 1 unspecified atom stereocenters. The third-order valence-corrected chi connectivity index (χ3v) is 3.49. The van der Waals surface area contributed by atoms with Crippen LogP contribution in [0.25, 0.3) is 0 Å². The van der Waals surface area contributed by atoms with Crippen molar-refractivity contribution in [2.75, 3.05) is 0 Å². The molecule has 2 aromatic rings. The fraction of sp³-hybridized carbons (Fsp3) is 0.250. The summed E-state index contributed by atoms with van der Waals surface area (Å²) in [7, 11) is 0. The van der Waals surface area contributed by atoms with Gasteiger partial charge in [0.1, 0.15) is 5.75 Å². The Morgan fingerprint density at radius 3 is 2.40 bits per heavy atom. The molecule has 2 rings (SSSR count). The van der Waals surface area contributed by atoms with Gasteiger partial charge in [-0.1, -0.05) is 41.4 Å². The Hall–Kier alpha value is -1.22. The van der Waals surface area contributed by atoms with E-state index in [2.05, 4.69) is 0 Å². The summed E-state index contributed by atoms with van der Waals surface area (Å²) in [5.41, 5.74) is 8.02. The number of rotatable bonds is 4. The quantitative estimate of drug-likeness (QED) is 0.878. The van der Waals surface area contributed by atoms with Crippen LogP contribution < -0.4 is 10.5 Å². The van der Waals surface area contributed by atoms with Crippen molar-refractivity contribution < 1.29 is 4.74 Å². The lowest BCUT2D eigenvalue weighted by atomic mass is 9.98. The number of benzene rings is 2. The van der Waals surface area contributed by atoms with E-state index in [0.717, 1.165) is 16.9 Å². The molecule has 0 fully saturated rings. The van der Waals surface area contributed by atoms with E-state index in [1.54, 1.807) is 18.2 Å². The summed E-state index contributed by atoms with van der Waals surface area (Å²) in [6, 6.07) is 12.6. The third-order valence-electron chi connectivity index (χ3n) is 2.91. The lowest BCUT2D eigenvalue weighted by Crippen LogP contribution is -2.16. The molecule has 106 valence electrons. The van der Waals surface area contributed by atoms with Crippen LogP contribution in [0.5, 0.6) is 5.75 Å². The summed E-state index contributed by atoms with van der Waals surface area (Å²) in [4.78, 5) is 0. The van der Waals surface area contributed by atoms with E-state index in [0.29, 0.717) is 10.0 Å². The van der Waals surface area contributed by atoms with Gasteiger partial charge in [0.15, 0.2) is 0 Å². The lowest BCUT2D eigenvalue weighted by molar-refractivity contribution is 0.239. The standard InChI is InChI=1S/C16H17Cl2NO/c1-10(2)20-15-6-4-3-5-12(15)16(19)13-9-11(17)7-8-14(13)18/h3-10,16H,19H2,1-2H3. The maximum Gasteiger partial charge on any atom is 0.124 e. The highest BCUT2D eigenvalue weighted by Gasteiger charge is 2.17. The van der Waals surface area contributed by atoms with Crippen molar-refractivity contribution >= 4 is 23.2 Å². The van der Waals surface area contributed by atoms with Crippen LogP contribution >= 0.6 is 23.2 Å². The van der Waals surface area contributed by atoms with E-state index in [-0.39, 0.29) is 12.1 Å². The molecular weight excluding hydrogens is 293 g/mol. The van der Waals surface area contributed by atoms with Crippen molar-refractivity contribution in [3.8, 4) is 5.75 Å². The number of hydrogen-bond donors (Lipinski definition) is 1. The van der Waals surface area contributed by atoms with Gasteiger partial charge in [0.2, 0.25) is 0 Å². The Kier molecular flexibility index (Phi) is 4.92. The molecule has 0 heterocycles. The average molecular weight is 310 g/mol. The molecule has 2 aromatic carbocycles. The highest BCUT2D eigenvalue weighted by Crippen LogP contribution is 2.33. The number of nitrogens with two attached hydrogens (primary N) is 1. The molecular formula is C16H17Cl2NO. The summed E-state index contributed by atoms with van der Waals surface area (Å²) in [5.74, 6) is 0.769. The summed E-state index contributed by atoms with van der Waals surface area (Å²) >= 11 is 12.2. The van der Waals surface area contributed by atoms with Crippen LogP contribution in [0.4, 0.5) is 0 Å². The molecule has 0 spiro atoms. The topological polar surface area (TPSA) is 35.2 Å². The molecule has 2 N–H and O–H groups in total. The van der Waals surface area contributed by atoms with Gasteiger partial charge >= 0.3 is 0 Å². The van der Waals surface area contributed by atoms with Gasteiger partial charge in [-0.05, 0) is 43.7 Å². The molecule has 0 radical (unpaired) electrons. The highest BCUT2D eigenvalue weighted by molar-refractivity contribution is 6.33. The highest BCUT2D eigenvalue weighted by atomic mass is 35.5. The predicted molar refractivity (Wildman–Crippen MR) is 84.7 cm³/mol. The van der Waals surface area contributed by atoms with Gasteiger partial charge in [-0.15, -0.1) is 0 Å². The van der Waals surface area contributed by atoms with E-state index in [1.807, 2.05) is 38.1 Å². The van der Waals surface area contributed by atoms with Gasteiger partial charge in [0, 0.05) is 15.6 Å². The number of halogens is 2. The van der Waals surface area contributed by atoms with E-state index in [1.165, 1.54) is 0 Å². The van der Waals surface area contributed by atoms with E-state index >= 15 is 0 Å². The first-order chi connectivity index (χ1) is 9.49. The Morgan fingerprint density at radius 1 is 1.00 bits per heavy atom. The van der Waals surface area contributed by atoms with Crippen molar-refractivity contribution in [2.45, 2.75) is 26.0 Å². The lowest BCUT2D eigenvalue weighted by Gasteiger charge is -2.20. The van der Waals surface area contributed by atoms with Gasteiger partial charge in [-0.2, -0.15) is 0 Å². The minimum absolute atomic E-state index is 0.0817. The Balaban J connectivity index is 2.42. The van der Waals surface area contributed by atoms with Crippen LogP contribution in [0.2, 0.25) is 10.0 Å². The van der Waals surface area contributed by atoms with E-state index in [9.17, 15) is 0 Å². The molecule has 4 heteroatoms. The molecule has 20 heavy (non-hydrogen) atoms. The second kappa shape index (κ2) is 6.49. The van der Waals surface area contributed by atoms with Gasteiger partial charge in [-0.3, -0.25) is 0 Å². The first kappa shape index (κ1) is 15.2. The monoisotopic (exact) mass is 309 g/mol. The average Bonchev–Trinajstić information content (AvgIpc) is 2.41. The maximum absolute atomic E-state index is 6.34. The van der Waals surface area contributed by atoms with Gasteiger partial charge in [0.25, 0.3) is 0 Å². The Bertz CT molecular complexity index is 599. The number of para-hydroxylation sites is 1. The van der Waals surface area contributed by atoms with Crippen LogP contribution in [0.1, 0.15) is 31.0 Å². The molecule has 0 aromatic heterocycles. The number of ether oxygens (including phenoxy) is 1. The fourth-order valence-corrected chi connectivity index (χ4v) is 2.43. The van der Waals surface area contributed by atoms with Crippen LogP contribution in [-0.2, 0) is 0 Å². The fourth-order valence-electron chi connectivity index (χ4n) is 2.02. The zero-order valence-electron chi connectivity index (χ0n) is 11.4. The van der Waals surface area contributed by atoms with Crippen LogP contribution in [-0.4, -0.2) is 6.10 Å². The minimum atomic E-state index is -0.379. The zero-order chi connectivity index (χ0) is 14.7. The van der Waals surface area contributed by atoms with Crippen molar-refractivity contribution in [1.82, 2.24) is 0 Å². The van der Waals surface area contributed by atoms with Gasteiger partial charge in [0.05, 0.1) is 12.1 Å². The first-order valence-electron chi connectivity index (χ1n) is 6.45. The summed E-state index contributed by atoms with van der Waals surface area (Å²) in [5, 5.41) is 1.21. The second-order valence-electron chi connectivity index (χ2n) is 4.85. The number of hydrogen-bond acceptors (Lipinski definition) is 2. The van der Waals surface area contributed by atoms with E-state index < -0.39 is 0 Å².